The van der Waals surface area contributed by atoms with Gasteiger partial charge in [-0.05, 0) is 49.8 Å². The molecular weight excluding hydrogens is 392 g/mol. The summed E-state index contributed by atoms with van der Waals surface area (Å²) >= 11 is 0. The number of carbonyl (C=O) groups is 2. The van der Waals surface area contributed by atoms with Gasteiger partial charge in [-0.25, -0.2) is 0 Å². The molecule has 168 valence electrons. The fourth-order valence-corrected chi connectivity index (χ4v) is 4.97. The molecule has 1 aliphatic carbocycles. The van der Waals surface area contributed by atoms with Crippen molar-refractivity contribution < 1.29 is 19.1 Å². The summed E-state index contributed by atoms with van der Waals surface area (Å²) in [6.45, 7) is 0.360. The van der Waals surface area contributed by atoms with Crippen molar-refractivity contribution in [2.45, 2.75) is 75.8 Å². The third-order valence-corrected chi connectivity index (χ3v) is 6.64. The van der Waals surface area contributed by atoms with Gasteiger partial charge in [0, 0.05) is 24.4 Å². The molecule has 3 rings (SSSR count). The number of benzene rings is 1. The number of amides is 2. The summed E-state index contributed by atoms with van der Waals surface area (Å²) in [4.78, 5) is 27.1. The molecule has 0 radical (unpaired) electrons. The fourth-order valence-electron chi connectivity index (χ4n) is 4.97. The molecule has 1 aromatic rings. The molecule has 1 aromatic carbocycles. The van der Waals surface area contributed by atoms with Gasteiger partial charge in [-0.1, -0.05) is 31.2 Å². The van der Waals surface area contributed by atoms with E-state index in [-0.39, 0.29) is 17.9 Å². The summed E-state index contributed by atoms with van der Waals surface area (Å²) in [7, 11) is 3.22. The minimum Gasteiger partial charge on any atom is -0.493 e. The van der Waals surface area contributed by atoms with E-state index in [0.717, 1.165) is 31.2 Å². The lowest BCUT2D eigenvalue weighted by Crippen LogP contribution is -2.46. The predicted octanol–water partition coefficient (Wildman–Crippen LogP) is 3.47. The quantitative estimate of drug-likeness (QED) is 0.614. The molecule has 0 unspecified atom stereocenters. The van der Waals surface area contributed by atoms with Crippen LogP contribution in [0.2, 0.25) is 0 Å². The minimum absolute atomic E-state index is 0.0423. The van der Waals surface area contributed by atoms with Crippen LogP contribution in [0.25, 0.3) is 0 Å². The van der Waals surface area contributed by atoms with Crippen molar-refractivity contribution in [1.29, 1.82) is 0 Å². The molecule has 1 N–H and O–H groups in total. The van der Waals surface area contributed by atoms with Crippen molar-refractivity contribution in [3.63, 3.8) is 0 Å². The van der Waals surface area contributed by atoms with Gasteiger partial charge >= 0.3 is 0 Å². The molecule has 1 saturated heterocycles. The Hall–Kier alpha value is -2.68. The lowest BCUT2D eigenvalue weighted by molar-refractivity contribution is -0.134. The first kappa shape index (κ1) is 23.0. The molecule has 1 aliphatic heterocycles. The number of hydrogen-bond donors (Lipinski definition) is 1. The Balaban J connectivity index is 1.71. The number of nitrogens with zero attached hydrogens (tertiary/aromatic N) is 1. The van der Waals surface area contributed by atoms with E-state index in [2.05, 4.69) is 11.2 Å². The second-order valence-electron chi connectivity index (χ2n) is 8.71. The van der Waals surface area contributed by atoms with Gasteiger partial charge < -0.3 is 19.7 Å². The molecule has 1 atom stereocenters. The molecule has 1 heterocycles. The van der Waals surface area contributed by atoms with Crippen LogP contribution in [0.4, 0.5) is 0 Å². The molecule has 2 fully saturated rings. The van der Waals surface area contributed by atoms with E-state index in [4.69, 9.17) is 15.9 Å². The maximum Gasteiger partial charge on any atom is 0.223 e. The lowest BCUT2D eigenvalue weighted by Gasteiger charge is -2.35. The van der Waals surface area contributed by atoms with Crippen molar-refractivity contribution >= 4 is 11.8 Å². The topological polar surface area (TPSA) is 67.9 Å². The number of carbonyl (C=O) groups excluding carboxylic acids is 2. The number of nitrogens with one attached hydrogen (secondary N) is 1. The Labute approximate surface area is 185 Å². The second-order valence-corrected chi connectivity index (χ2v) is 8.71. The van der Waals surface area contributed by atoms with Gasteiger partial charge in [-0.15, -0.1) is 6.42 Å². The molecule has 0 spiro atoms. The van der Waals surface area contributed by atoms with E-state index in [1.807, 2.05) is 23.1 Å². The summed E-state index contributed by atoms with van der Waals surface area (Å²) in [6, 6.07) is 6.06. The molecule has 0 bridgehead atoms. The average Bonchev–Trinajstić information content (AvgIpc) is 3.16. The zero-order valence-corrected chi connectivity index (χ0v) is 18.7. The fraction of sp³-hybridized carbons (Fsp3) is 0.600. The third-order valence-electron chi connectivity index (χ3n) is 6.64. The second kappa shape index (κ2) is 10.6. The van der Waals surface area contributed by atoms with Crippen LogP contribution in [0, 0.1) is 12.3 Å². The van der Waals surface area contributed by atoms with E-state index in [9.17, 15) is 9.59 Å². The minimum atomic E-state index is -0.430. The van der Waals surface area contributed by atoms with E-state index >= 15 is 0 Å². The van der Waals surface area contributed by atoms with E-state index in [0.29, 0.717) is 50.1 Å². The lowest BCUT2D eigenvalue weighted by atomic mass is 9.84. The summed E-state index contributed by atoms with van der Waals surface area (Å²) in [5.41, 5.74) is 0.612. The highest BCUT2D eigenvalue weighted by atomic mass is 16.5. The number of ether oxygens (including phenoxy) is 2. The Morgan fingerprint density at radius 1 is 1.23 bits per heavy atom. The van der Waals surface area contributed by atoms with Crippen molar-refractivity contribution in [2.75, 3.05) is 20.8 Å². The van der Waals surface area contributed by atoms with Crippen LogP contribution in [0.1, 0.15) is 63.4 Å². The summed E-state index contributed by atoms with van der Waals surface area (Å²) < 4.78 is 10.8. The van der Waals surface area contributed by atoms with Crippen LogP contribution >= 0.6 is 0 Å². The average molecular weight is 427 g/mol. The van der Waals surface area contributed by atoms with Crippen molar-refractivity contribution in [3.05, 3.63) is 23.8 Å². The zero-order chi connectivity index (χ0) is 22.3. The summed E-state index contributed by atoms with van der Waals surface area (Å²) in [5.74, 6) is 4.13. The molecule has 1 saturated carbocycles. The largest absolute Gasteiger partial charge is 0.493 e. The number of terminal acetylenes is 1. The van der Waals surface area contributed by atoms with Crippen LogP contribution < -0.4 is 14.8 Å². The van der Waals surface area contributed by atoms with Crippen molar-refractivity contribution in [1.82, 2.24) is 10.2 Å². The SMILES string of the molecule is C#CCN(C(=O)CC[C@@]1(Cc2ccc(OC)c(OC)c2)CCC(=O)N1)C1CCCCC1. The van der Waals surface area contributed by atoms with Gasteiger partial charge in [-0.2, -0.15) is 0 Å². The highest BCUT2D eigenvalue weighted by molar-refractivity contribution is 5.80. The molecule has 31 heavy (non-hydrogen) atoms. The Morgan fingerprint density at radius 2 is 1.97 bits per heavy atom. The highest BCUT2D eigenvalue weighted by Gasteiger charge is 2.38. The standard InChI is InChI=1S/C25H34N2O4/c1-4-16-27(20-8-6-5-7-9-20)24(29)13-15-25(14-12-23(28)26-25)18-19-10-11-21(30-2)22(17-19)31-3/h1,10-11,17,20H,5-9,12-16,18H2,2-3H3,(H,26,28)/t25-/m1/s1. The first-order valence-electron chi connectivity index (χ1n) is 11.2. The van der Waals surface area contributed by atoms with E-state index in [1.54, 1.807) is 14.2 Å². The molecule has 6 nitrogen and oxygen atoms in total. The third kappa shape index (κ3) is 5.72. The van der Waals surface area contributed by atoms with Crippen molar-refractivity contribution in [2.24, 2.45) is 0 Å². The molecule has 0 aromatic heterocycles. The van der Waals surface area contributed by atoms with Crippen LogP contribution in [0.15, 0.2) is 18.2 Å². The normalized spacial score (nSPS) is 21.3. The van der Waals surface area contributed by atoms with E-state index < -0.39 is 5.54 Å². The number of hydrogen-bond acceptors (Lipinski definition) is 4. The summed E-state index contributed by atoms with van der Waals surface area (Å²) in [6.07, 6.45) is 14.0. The van der Waals surface area contributed by atoms with Gasteiger partial charge in [-0.3, -0.25) is 9.59 Å². The molecule has 2 amide bonds. The van der Waals surface area contributed by atoms with Gasteiger partial charge in [0.1, 0.15) is 0 Å². The summed E-state index contributed by atoms with van der Waals surface area (Å²) in [5, 5.41) is 3.17. The van der Waals surface area contributed by atoms with Crippen LogP contribution in [-0.4, -0.2) is 49.1 Å². The van der Waals surface area contributed by atoms with Crippen LogP contribution in [-0.2, 0) is 16.0 Å². The monoisotopic (exact) mass is 426 g/mol. The maximum absolute atomic E-state index is 13.1. The molecule has 2 aliphatic rings. The van der Waals surface area contributed by atoms with Gasteiger partial charge in [0.25, 0.3) is 0 Å². The number of methoxy groups -OCH3 is 2. The zero-order valence-electron chi connectivity index (χ0n) is 18.7. The molecular formula is C25H34N2O4. The van der Waals surface area contributed by atoms with Gasteiger partial charge in [0.15, 0.2) is 11.5 Å². The Bertz CT molecular complexity index is 825. The van der Waals surface area contributed by atoms with E-state index in [1.165, 1.54) is 6.42 Å². The number of rotatable bonds is 9. The highest BCUT2D eigenvalue weighted by Crippen LogP contribution is 2.34. The first-order valence-corrected chi connectivity index (χ1v) is 11.2. The van der Waals surface area contributed by atoms with Crippen molar-refractivity contribution in [3.8, 4) is 23.8 Å². The van der Waals surface area contributed by atoms with Crippen LogP contribution in [0.5, 0.6) is 11.5 Å². The van der Waals surface area contributed by atoms with Crippen LogP contribution in [0.3, 0.4) is 0 Å². The molecule has 6 heteroatoms. The smallest absolute Gasteiger partial charge is 0.223 e. The van der Waals surface area contributed by atoms with Gasteiger partial charge in [0.2, 0.25) is 11.8 Å². The Morgan fingerprint density at radius 3 is 2.58 bits per heavy atom. The predicted molar refractivity (Wildman–Crippen MR) is 120 cm³/mol. The Kier molecular flexibility index (Phi) is 7.84. The van der Waals surface area contributed by atoms with Gasteiger partial charge in [0.05, 0.1) is 20.8 Å². The maximum atomic E-state index is 13.1. The first-order chi connectivity index (χ1) is 15.0.